The molecule has 5 N–H and O–H groups in total. The maximum absolute atomic E-state index is 12.2. The molecule has 0 bridgehead atoms. The zero-order chi connectivity index (χ0) is 24.5. The van der Waals surface area contributed by atoms with Crippen molar-refractivity contribution in [2.75, 3.05) is 11.6 Å². The Labute approximate surface area is 187 Å². The van der Waals surface area contributed by atoms with E-state index in [0.29, 0.717) is 23.3 Å². The van der Waals surface area contributed by atoms with Crippen LogP contribution in [0.15, 0.2) is 48.5 Å². The molecule has 0 saturated heterocycles. The second-order valence-electron chi connectivity index (χ2n) is 7.01. The Morgan fingerprint density at radius 2 is 1.53 bits per heavy atom. The highest BCUT2D eigenvalue weighted by Gasteiger charge is 2.18. The van der Waals surface area contributed by atoms with Crippen LogP contribution in [0.1, 0.15) is 42.6 Å². The molecule has 1 atom stereocenters. The van der Waals surface area contributed by atoms with Crippen molar-refractivity contribution >= 4 is 33.7 Å². The van der Waals surface area contributed by atoms with Crippen LogP contribution in [0.25, 0.3) is 0 Å². The number of guanidine groups is 1. The van der Waals surface area contributed by atoms with Crippen molar-refractivity contribution in [3.8, 4) is 5.75 Å². The van der Waals surface area contributed by atoms with Crippen LogP contribution in [0, 0.1) is 5.41 Å². The number of nitrogens with one attached hydrogen (secondary N) is 2. The first-order valence-electron chi connectivity index (χ1n) is 9.42. The Balaban J connectivity index is 0.000000920. The van der Waals surface area contributed by atoms with E-state index in [9.17, 15) is 18.0 Å². The second-order valence-corrected chi connectivity index (χ2v) is 8.48. The van der Waals surface area contributed by atoms with Gasteiger partial charge in [0.05, 0.1) is 23.8 Å². The van der Waals surface area contributed by atoms with Gasteiger partial charge in [-0.2, -0.15) is 8.42 Å². The molecule has 0 saturated carbocycles. The molecule has 0 fully saturated rings. The van der Waals surface area contributed by atoms with Gasteiger partial charge in [0.2, 0.25) is 0 Å². The van der Waals surface area contributed by atoms with E-state index in [1.807, 2.05) is 0 Å². The van der Waals surface area contributed by atoms with Crippen molar-refractivity contribution in [3.05, 3.63) is 59.7 Å². The Bertz CT molecular complexity index is 1030. The van der Waals surface area contributed by atoms with Crippen LogP contribution in [-0.4, -0.2) is 43.2 Å². The fourth-order valence-electron chi connectivity index (χ4n) is 2.31. The lowest BCUT2D eigenvalue weighted by molar-refractivity contribution is -0.148. The number of nitrogens with two attached hydrogens (primary N) is 1. The van der Waals surface area contributed by atoms with Crippen molar-refractivity contribution in [1.82, 2.24) is 0 Å². The van der Waals surface area contributed by atoms with Gasteiger partial charge in [-0.1, -0.05) is 12.1 Å². The fourth-order valence-corrected chi connectivity index (χ4v) is 2.31. The van der Waals surface area contributed by atoms with Gasteiger partial charge in [0.25, 0.3) is 10.1 Å². The number of hydrogen-bond donors (Lipinski definition) is 4. The first-order chi connectivity index (χ1) is 14.8. The van der Waals surface area contributed by atoms with Gasteiger partial charge in [0, 0.05) is 5.69 Å². The smallest absolute Gasteiger partial charge is 0.343 e. The molecular weight excluding hydrogens is 438 g/mol. The highest BCUT2D eigenvalue weighted by atomic mass is 32.2. The molecule has 174 valence electrons. The van der Waals surface area contributed by atoms with Crippen molar-refractivity contribution in [2.24, 2.45) is 5.73 Å². The first kappa shape index (κ1) is 26.6. The minimum absolute atomic E-state index is 0.169. The molecule has 0 aliphatic heterocycles. The summed E-state index contributed by atoms with van der Waals surface area (Å²) >= 11 is 0. The van der Waals surface area contributed by atoms with Gasteiger partial charge in [-0.3, -0.25) is 14.8 Å². The molecule has 11 heteroatoms. The van der Waals surface area contributed by atoms with Crippen LogP contribution >= 0.6 is 0 Å². The van der Waals surface area contributed by atoms with Gasteiger partial charge in [0.15, 0.2) is 5.96 Å². The summed E-state index contributed by atoms with van der Waals surface area (Å²) in [5, 5.41) is 9.80. The minimum Gasteiger partial charge on any atom is -0.463 e. The minimum atomic E-state index is -3.67. The lowest BCUT2D eigenvalue weighted by Crippen LogP contribution is -2.20. The van der Waals surface area contributed by atoms with E-state index in [0.717, 1.165) is 5.56 Å². The van der Waals surface area contributed by atoms with Crippen molar-refractivity contribution < 1.29 is 32.0 Å². The van der Waals surface area contributed by atoms with Crippen LogP contribution in [0.2, 0.25) is 0 Å². The van der Waals surface area contributed by atoms with Crippen LogP contribution in [0.4, 0.5) is 5.69 Å². The van der Waals surface area contributed by atoms with Gasteiger partial charge >= 0.3 is 11.9 Å². The van der Waals surface area contributed by atoms with E-state index in [1.165, 1.54) is 0 Å². The van der Waals surface area contributed by atoms with Gasteiger partial charge in [-0.05, 0) is 62.7 Å². The fraction of sp³-hybridized carbons (Fsp3) is 0.286. The molecule has 0 aliphatic rings. The Hall–Kier alpha value is -3.44. The molecule has 0 radical (unpaired) electrons. The largest absolute Gasteiger partial charge is 0.463 e. The van der Waals surface area contributed by atoms with E-state index in [-0.39, 0.29) is 18.0 Å². The predicted molar refractivity (Wildman–Crippen MR) is 120 cm³/mol. The quantitative estimate of drug-likeness (QED) is 0.165. The predicted octanol–water partition coefficient (Wildman–Crippen LogP) is 2.77. The number of hydrogen-bond acceptors (Lipinski definition) is 7. The molecule has 0 amide bonds. The number of esters is 2. The summed E-state index contributed by atoms with van der Waals surface area (Å²) in [6, 6.07) is 13.1. The molecule has 2 aromatic carbocycles. The molecule has 1 unspecified atom stereocenters. The van der Waals surface area contributed by atoms with Crippen molar-refractivity contribution in [3.63, 3.8) is 0 Å². The maximum atomic E-state index is 12.2. The summed E-state index contributed by atoms with van der Waals surface area (Å²) in [5.41, 5.74) is 7.00. The summed E-state index contributed by atoms with van der Waals surface area (Å²) in [5.74, 6) is -1.02. The molecule has 2 rings (SSSR count). The van der Waals surface area contributed by atoms with Crippen molar-refractivity contribution in [2.45, 2.75) is 32.8 Å². The highest BCUT2D eigenvalue weighted by Crippen LogP contribution is 2.22. The van der Waals surface area contributed by atoms with Gasteiger partial charge in [-0.15, -0.1) is 0 Å². The monoisotopic (exact) mass is 465 g/mol. The average Bonchev–Trinajstić information content (AvgIpc) is 2.66. The van der Waals surface area contributed by atoms with E-state index in [4.69, 9.17) is 25.2 Å². The summed E-state index contributed by atoms with van der Waals surface area (Å²) in [4.78, 5) is 24.2. The molecule has 0 heterocycles. The molecule has 0 aromatic heterocycles. The Kier molecular flexibility index (Phi) is 9.82. The van der Waals surface area contributed by atoms with E-state index >= 15 is 0 Å². The number of ether oxygens (including phenoxy) is 2. The zero-order valence-electron chi connectivity index (χ0n) is 18.2. The number of carbonyl (C=O) groups excluding carboxylic acids is 2. The summed E-state index contributed by atoms with van der Waals surface area (Å²) in [6.45, 7) is 5.37. The van der Waals surface area contributed by atoms with Crippen LogP contribution in [0.5, 0.6) is 5.75 Å². The third-order valence-electron chi connectivity index (χ3n) is 3.70. The molecular formula is C21H27N3O7S. The molecule has 2 aromatic rings. The zero-order valence-corrected chi connectivity index (χ0v) is 19.0. The van der Waals surface area contributed by atoms with Gasteiger partial charge < -0.3 is 20.5 Å². The number of carbonyl (C=O) groups is 2. The van der Waals surface area contributed by atoms with E-state index in [2.05, 4.69) is 5.32 Å². The third-order valence-corrected chi connectivity index (χ3v) is 3.70. The Morgan fingerprint density at radius 3 is 1.97 bits per heavy atom. The first-order valence-corrected chi connectivity index (χ1v) is 11.3. The second kappa shape index (κ2) is 11.8. The average molecular weight is 466 g/mol. The molecule has 10 nitrogen and oxygen atoms in total. The van der Waals surface area contributed by atoms with E-state index < -0.39 is 22.0 Å². The van der Waals surface area contributed by atoms with Crippen LogP contribution < -0.4 is 15.8 Å². The summed E-state index contributed by atoms with van der Waals surface area (Å²) in [6.07, 6.45) is 0.546. The summed E-state index contributed by atoms with van der Waals surface area (Å²) in [7, 11) is -3.67. The molecule has 0 aliphatic carbocycles. The third kappa shape index (κ3) is 10.5. The lowest BCUT2D eigenvalue weighted by Gasteiger charge is -2.14. The Morgan fingerprint density at radius 1 is 1.03 bits per heavy atom. The van der Waals surface area contributed by atoms with Gasteiger partial charge in [0.1, 0.15) is 5.75 Å². The molecule has 32 heavy (non-hydrogen) atoms. The SMILES string of the molecule is CC(C)OC(=O)C(C)c1ccc(OC(=O)c2ccc(NC(=N)N)cc2)cc1.CS(=O)(=O)O. The normalized spacial score (nSPS) is 11.6. The lowest BCUT2D eigenvalue weighted by atomic mass is 10.0. The number of benzene rings is 2. The van der Waals surface area contributed by atoms with Crippen LogP contribution in [-0.2, 0) is 19.6 Å². The highest BCUT2D eigenvalue weighted by molar-refractivity contribution is 7.85. The van der Waals surface area contributed by atoms with Crippen molar-refractivity contribution in [1.29, 1.82) is 5.41 Å². The molecule has 0 spiro atoms. The van der Waals surface area contributed by atoms with Gasteiger partial charge in [-0.25, -0.2) is 4.79 Å². The topological polar surface area (TPSA) is 169 Å². The number of rotatable bonds is 6. The number of anilines is 1. The standard InChI is InChI=1S/C20H23N3O4.CH4O3S/c1-12(2)26-18(24)13(3)14-6-10-17(11-7-14)27-19(25)15-4-8-16(9-5-15)23-20(21)22;1-5(2,3)4/h4-13H,1-3H3,(H4,21,22,23);1H3,(H,2,3,4). The maximum Gasteiger partial charge on any atom is 0.343 e. The van der Waals surface area contributed by atoms with Crippen LogP contribution in [0.3, 0.4) is 0 Å². The summed E-state index contributed by atoms with van der Waals surface area (Å²) < 4.78 is 36.4. The van der Waals surface area contributed by atoms with E-state index in [1.54, 1.807) is 69.3 Å².